The average Bonchev–Trinajstić information content (AvgIpc) is 2.51. The molecule has 0 fully saturated rings. The van der Waals surface area contributed by atoms with E-state index in [1.807, 2.05) is 0 Å². The van der Waals surface area contributed by atoms with E-state index in [0.717, 1.165) is 6.26 Å². The molecule has 0 aromatic carbocycles. The maximum absolute atomic E-state index is 12.1. The summed E-state index contributed by atoms with van der Waals surface area (Å²) in [6, 6.07) is 0. The highest BCUT2D eigenvalue weighted by molar-refractivity contribution is 7.89. The van der Waals surface area contributed by atoms with Gasteiger partial charge in [-0.25, -0.2) is 26.3 Å². The first-order valence-electron chi connectivity index (χ1n) is 5.78. The average molecular weight is 325 g/mol. The number of hydrogen-bond donors (Lipinski definition) is 3. The minimum absolute atomic E-state index is 0.0453. The summed E-state index contributed by atoms with van der Waals surface area (Å²) >= 11 is 0. The van der Waals surface area contributed by atoms with Crippen molar-refractivity contribution < 1.29 is 16.8 Å². The molecule has 1 rings (SSSR count). The van der Waals surface area contributed by atoms with Crippen LogP contribution in [0.4, 0.5) is 5.82 Å². The highest BCUT2D eigenvalue weighted by Gasteiger charge is 2.23. The van der Waals surface area contributed by atoms with Crippen LogP contribution in [0.3, 0.4) is 0 Å². The maximum atomic E-state index is 12.1. The van der Waals surface area contributed by atoms with Crippen molar-refractivity contribution in [3.8, 4) is 0 Å². The van der Waals surface area contributed by atoms with Crippen LogP contribution in [-0.4, -0.2) is 46.0 Å². The van der Waals surface area contributed by atoms with Gasteiger partial charge in [-0.3, -0.25) is 4.68 Å². The molecule has 0 aliphatic carbocycles. The number of nitrogens with one attached hydrogen (secondary N) is 2. The summed E-state index contributed by atoms with van der Waals surface area (Å²) in [7, 11) is -5.42. The second kappa shape index (κ2) is 6.08. The van der Waals surface area contributed by atoms with Gasteiger partial charge in [0.25, 0.3) is 0 Å². The Morgan fingerprint density at radius 3 is 2.20 bits per heavy atom. The first-order valence-corrected chi connectivity index (χ1v) is 9.15. The molecule has 0 spiro atoms. The summed E-state index contributed by atoms with van der Waals surface area (Å²) in [6.07, 6.45) is 1.36. The van der Waals surface area contributed by atoms with Crippen molar-refractivity contribution in [1.82, 2.24) is 19.2 Å². The summed E-state index contributed by atoms with van der Waals surface area (Å²) in [5.74, 6) is -0.0632. The lowest BCUT2D eigenvalue weighted by Gasteiger charge is -2.07. The van der Waals surface area contributed by atoms with Gasteiger partial charge in [-0.1, -0.05) is 0 Å². The molecule has 4 N–H and O–H groups in total. The molecule has 0 aliphatic heterocycles. The van der Waals surface area contributed by atoms with Gasteiger partial charge in [-0.15, -0.1) is 0 Å². The van der Waals surface area contributed by atoms with Gasteiger partial charge in [0.05, 0.1) is 11.9 Å². The Labute approximate surface area is 118 Å². The third kappa shape index (κ3) is 4.44. The molecule has 20 heavy (non-hydrogen) atoms. The van der Waals surface area contributed by atoms with Crippen LogP contribution in [0.2, 0.25) is 0 Å². The van der Waals surface area contributed by atoms with E-state index in [9.17, 15) is 16.8 Å². The normalized spacial score (nSPS) is 12.8. The predicted molar refractivity (Wildman–Crippen MR) is 75.0 cm³/mol. The molecule has 0 atom stereocenters. The number of aryl methyl sites for hydroxylation is 1. The number of nitrogens with two attached hydrogens (primary N) is 1. The predicted octanol–water partition coefficient (Wildman–Crippen LogP) is -1.47. The second-order valence-corrected chi connectivity index (χ2v) is 7.88. The van der Waals surface area contributed by atoms with Crippen molar-refractivity contribution in [1.29, 1.82) is 0 Å². The van der Waals surface area contributed by atoms with E-state index in [1.54, 1.807) is 14.0 Å². The fourth-order valence-electron chi connectivity index (χ4n) is 1.57. The highest BCUT2D eigenvalue weighted by Crippen LogP contribution is 2.20. The zero-order valence-electron chi connectivity index (χ0n) is 11.5. The number of anilines is 1. The minimum Gasteiger partial charge on any atom is -0.381 e. The van der Waals surface area contributed by atoms with Gasteiger partial charge in [0.2, 0.25) is 20.0 Å². The first kappa shape index (κ1) is 16.9. The number of rotatable bonds is 7. The van der Waals surface area contributed by atoms with Crippen molar-refractivity contribution in [2.45, 2.75) is 18.2 Å². The van der Waals surface area contributed by atoms with Crippen LogP contribution < -0.4 is 15.2 Å². The molecule has 0 aliphatic rings. The zero-order chi connectivity index (χ0) is 15.6. The van der Waals surface area contributed by atoms with Crippen molar-refractivity contribution >= 4 is 25.9 Å². The molecule has 0 radical (unpaired) electrons. The Morgan fingerprint density at radius 2 is 1.75 bits per heavy atom. The quantitative estimate of drug-likeness (QED) is 0.523. The molecule has 1 heterocycles. The Bertz CT molecular complexity index is 677. The van der Waals surface area contributed by atoms with Gasteiger partial charge in [0.15, 0.2) is 5.82 Å². The third-order valence-electron chi connectivity index (χ3n) is 2.58. The Hall–Kier alpha value is -1.17. The Kier molecular flexibility index (Phi) is 5.13. The summed E-state index contributed by atoms with van der Waals surface area (Å²) in [4.78, 5) is -0.0453. The number of aromatic nitrogens is 2. The molecule has 0 unspecified atom stereocenters. The molecule has 0 amide bonds. The highest BCUT2D eigenvalue weighted by atomic mass is 32.2. The maximum Gasteiger partial charge on any atom is 0.246 e. The van der Waals surface area contributed by atoms with Gasteiger partial charge in [0, 0.05) is 20.1 Å². The van der Waals surface area contributed by atoms with Crippen molar-refractivity contribution in [3.63, 3.8) is 0 Å². The van der Waals surface area contributed by atoms with Crippen LogP contribution in [0.1, 0.15) is 12.1 Å². The Morgan fingerprint density at radius 1 is 1.20 bits per heavy atom. The van der Waals surface area contributed by atoms with Crippen LogP contribution in [0.25, 0.3) is 0 Å². The van der Waals surface area contributed by atoms with Gasteiger partial charge < -0.3 is 5.73 Å². The van der Waals surface area contributed by atoms with Crippen LogP contribution in [0.15, 0.2) is 4.90 Å². The SMILES string of the molecule is Cc1c(S(=O)(=O)NCCCNS(C)(=O)=O)c(N)nn1C. The monoisotopic (exact) mass is 325 g/mol. The largest absolute Gasteiger partial charge is 0.381 e. The number of hydrogen-bond acceptors (Lipinski definition) is 6. The number of sulfonamides is 2. The fourth-order valence-corrected chi connectivity index (χ4v) is 3.48. The van der Waals surface area contributed by atoms with E-state index >= 15 is 0 Å². The summed E-state index contributed by atoms with van der Waals surface area (Å²) < 4.78 is 51.8. The first-order chi connectivity index (χ1) is 9.04. The third-order valence-corrected chi connectivity index (χ3v) is 4.94. The van der Waals surface area contributed by atoms with E-state index in [2.05, 4.69) is 14.5 Å². The van der Waals surface area contributed by atoms with Crippen molar-refractivity contribution in [2.75, 3.05) is 25.1 Å². The number of nitrogen functional groups attached to an aromatic ring is 1. The molecular weight excluding hydrogens is 306 g/mol. The lowest BCUT2D eigenvalue weighted by molar-refractivity contribution is 0.574. The minimum atomic E-state index is -3.75. The topological polar surface area (TPSA) is 136 Å². The Balaban J connectivity index is 2.63. The lowest BCUT2D eigenvalue weighted by Crippen LogP contribution is -2.30. The molecule has 116 valence electrons. The molecule has 9 nitrogen and oxygen atoms in total. The molecule has 1 aromatic heterocycles. The summed E-state index contributed by atoms with van der Waals surface area (Å²) in [5, 5.41) is 3.84. The van der Waals surface area contributed by atoms with E-state index in [4.69, 9.17) is 5.73 Å². The van der Waals surface area contributed by atoms with E-state index in [1.165, 1.54) is 4.68 Å². The van der Waals surface area contributed by atoms with Crippen LogP contribution in [0, 0.1) is 6.92 Å². The molecule has 0 bridgehead atoms. The van der Waals surface area contributed by atoms with E-state index < -0.39 is 20.0 Å². The van der Waals surface area contributed by atoms with Crippen molar-refractivity contribution in [3.05, 3.63) is 5.69 Å². The second-order valence-electron chi connectivity index (χ2n) is 4.34. The summed E-state index contributed by atoms with van der Waals surface area (Å²) in [6.45, 7) is 1.85. The fraction of sp³-hybridized carbons (Fsp3) is 0.667. The van der Waals surface area contributed by atoms with E-state index in [-0.39, 0.29) is 23.8 Å². The molecule has 1 aromatic rings. The van der Waals surface area contributed by atoms with Gasteiger partial charge in [0.1, 0.15) is 4.90 Å². The van der Waals surface area contributed by atoms with Gasteiger partial charge in [-0.2, -0.15) is 5.10 Å². The van der Waals surface area contributed by atoms with E-state index in [0.29, 0.717) is 12.1 Å². The molecule has 0 saturated carbocycles. The van der Waals surface area contributed by atoms with Crippen LogP contribution in [0.5, 0.6) is 0 Å². The standard InChI is InChI=1S/C9H19N5O4S2/c1-7-8(9(10)13-14(7)2)20(17,18)12-6-4-5-11-19(3,15)16/h11-12H,4-6H2,1-3H3,(H2,10,13). The number of nitrogens with zero attached hydrogens (tertiary/aromatic N) is 2. The molecular formula is C9H19N5O4S2. The van der Waals surface area contributed by atoms with Crippen molar-refractivity contribution in [2.24, 2.45) is 7.05 Å². The zero-order valence-corrected chi connectivity index (χ0v) is 13.2. The smallest absolute Gasteiger partial charge is 0.246 e. The summed E-state index contributed by atoms with van der Waals surface area (Å²) in [5.41, 5.74) is 6.01. The van der Waals surface area contributed by atoms with Crippen LogP contribution >= 0.6 is 0 Å². The van der Waals surface area contributed by atoms with Crippen LogP contribution in [-0.2, 0) is 27.1 Å². The molecule has 11 heteroatoms. The van der Waals surface area contributed by atoms with Gasteiger partial charge in [-0.05, 0) is 13.3 Å². The molecule has 0 saturated heterocycles. The van der Waals surface area contributed by atoms with Gasteiger partial charge >= 0.3 is 0 Å². The lowest BCUT2D eigenvalue weighted by atomic mass is 10.4.